The number of methoxy groups -OCH3 is 1. The van der Waals surface area contributed by atoms with Crippen molar-refractivity contribution < 1.29 is 23.8 Å². The number of rotatable bonds is 1. The molecule has 0 saturated carbocycles. The summed E-state index contributed by atoms with van der Waals surface area (Å²) in [4.78, 5) is 22.2. The summed E-state index contributed by atoms with van der Waals surface area (Å²) in [6.07, 6.45) is 0. The molecule has 2 rings (SSSR count). The second-order valence-corrected chi connectivity index (χ2v) is 3.30. The van der Waals surface area contributed by atoms with Crippen LogP contribution in [0.15, 0.2) is 18.2 Å². The SMILES string of the molecule is COC(=O)C(=O)Nc1ccc2c(c1)OCCO2. The number of fused-ring (bicyclic) bond motifs is 1. The maximum atomic E-state index is 11.3. The predicted molar refractivity (Wildman–Crippen MR) is 58.1 cm³/mol. The van der Waals surface area contributed by atoms with Crippen molar-refractivity contribution in [2.24, 2.45) is 0 Å². The van der Waals surface area contributed by atoms with Crippen molar-refractivity contribution in [1.82, 2.24) is 0 Å². The molecule has 0 radical (unpaired) electrons. The molecular formula is C11H11NO5. The highest BCUT2D eigenvalue weighted by Gasteiger charge is 2.16. The van der Waals surface area contributed by atoms with Gasteiger partial charge in [0.25, 0.3) is 0 Å². The number of hydrogen-bond acceptors (Lipinski definition) is 5. The van der Waals surface area contributed by atoms with Crippen LogP contribution in [0.1, 0.15) is 0 Å². The fraction of sp³-hybridized carbons (Fsp3) is 0.273. The number of ether oxygens (including phenoxy) is 3. The van der Waals surface area contributed by atoms with E-state index in [4.69, 9.17) is 9.47 Å². The lowest BCUT2D eigenvalue weighted by Crippen LogP contribution is -2.24. The summed E-state index contributed by atoms with van der Waals surface area (Å²) in [6.45, 7) is 0.961. The molecule has 90 valence electrons. The Hall–Kier alpha value is -2.24. The molecule has 1 aromatic carbocycles. The Kier molecular flexibility index (Phi) is 3.13. The molecule has 0 aromatic heterocycles. The third-order valence-corrected chi connectivity index (χ3v) is 2.17. The van der Waals surface area contributed by atoms with Gasteiger partial charge in [-0.1, -0.05) is 0 Å². The predicted octanol–water partition coefficient (Wildman–Crippen LogP) is 0.569. The van der Waals surface area contributed by atoms with Gasteiger partial charge in [-0.25, -0.2) is 4.79 Å². The maximum absolute atomic E-state index is 11.3. The van der Waals surface area contributed by atoms with Gasteiger partial charge in [0.1, 0.15) is 13.2 Å². The van der Waals surface area contributed by atoms with Crippen molar-refractivity contribution in [2.45, 2.75) is 0 Å². The molecule has 1 aliphatic rings. The monoisotopic (exact) mass is 237 g/mol. The molecule has 1 N–H and O–H groups in total. The summed E-state index contributed by atoms with van der Waals surface area (Å²) in [5, 5.41) is 2.39. The van der Waals surface area contributed by atoms with E-state index in [0.717, 1.165) is 7.11 Å². The van der Waals surface area contributed by atoms with Crippen LogP contribution in [0.3, 0.4) is 0 Å². The fourth-order valence-electron chi connectivity index (χ4n) is 1.40. The van der Waals surface area contributed by atoms with Gasteiger partial charge < -0.3 is 19.5 Å². The van der Waals surface area contributed by atoms with Gasteiger partial charge in [0.15, 0.2) is 11.5 Å². The number of amides is 1. The average Bonchev–Trinajstić information content (AvgIpc) is 2.37. The molecule has 0 atom stereocenters. The van der Waals surface area contributed by atoms with Crippen molar-refractivity contribution in [3.63, 3.8) is 0 Å². The number of anilines is 1. The van der Waals surface area contributed by atoms with Crippen molar-refractivity contribution in [1.29, 1.82) is 0 Å². The smallest absolute Gasteiger partial charge is 0.396 e. The Bertz CT molecular complexity index is 457. The van der Waals surface area contributed by atoms with E-state index in [-0.39, 0.29) is 0 Å². The van der Waals surface area contributed by atoms with Crippen molar-refractivity contribution in [3.05, 3.63) is 18.2 Å². The molecular weight excluding hydrogens is 226 g/mol. The third kappa shape index (κ3) is 2.47. The topological polar surface area (TPSA) is 73.9 Å². The van der Waals surface area contributed by atoms with Crippen molar-refractivity contribution >= 4 is 17.6 Å². The van der Waals surface area contributed by atoms with Gasteiger partial charge in [-0.2, -0.15) is 0 Å². The van der Waals surface area contributed by atoms with E-state index in [1.54, 1.807) is 18.2 Å². The summed E-state index contributed by atoms with van der Waals surface area (Å²) in [7, 11) is 1.14. The maximum Gasteiger partial charge on any atom is 0.396 e. The van der Waals surface area contributed by atoms with Crippen LogP contribution in [0, 0.1) is 0 Å². The number of benzene rings is 1. The van der Waals surface area contributed by atoms with Crippen LogP contribution < -0.4 is 14.8 Å². The van der Waals surface area contributed by atoms with Crippen LogP contribution in [0.5, 0.6) is 11.5 Å². The number of esters is 1. The molecule has 1 heterocycles. The van der Waals surface area contributed by atoms with E-state index in [2.05, 4.69) is 10.1 Å². The Balaban J connectivity index is 2.12. The number of nitrogens with one attached hydrogen (secondary N) is 1. The highest BCUT2D eigenvalue weighted by molar-refractivity contribution is 6.37. The van der Waals surface area contributed by atoms with Gasteiger partial charge in [-0.05, 0) is 12.1 Å². The quantitative estimate of drug-likeness (QED) is 0.571. The standard InChI is InChI=1S/C11H11NO5/c1-15-11(14)10(13)12-7-2-3-8-9(6-7)17-5-4-16-8/h2-3,6H,4-5H2,1H3,(H,12,13). The first-order chi connectivity index (χ1) is 8.20. The van der Waals surface area contributed by atoms with Gasteiger partial charge in [-0.15, -0.1) is 0 Å². The molecule has 0 bridgehead atoms. The Morgan fingerprint density at radius 2 is 1.94 bits per heavy atom. The minimum Gasteiger partial charge on any atom is -0.486 e. The van der Waals surface area contributed by atoms with E-state index in [1.807, 2.05) is 0 Å². The summed E-state index contributed by atoms with van der Waals surface area (Å²) < 4.78 is 15.0. The van der Waals surface area contributed by atoms with Gasteiger partial charge in [-0.3, -0.25) is 4.79 Å². The van der Waals surface area contributed by atoms with Crippen molar-refractivity contribution in [2.75, 3.05) is 25.6 Å². The van der Waals surface area contributed by atoms with E-state index < -0.39 is 11.9 Å². The minimum atomic E-state index is -0.945. The summed E-state index contributed by atoms with van der Waals surface area (Å²) in [5.74, 6) is -0.615. The summed E-state index contributed by atoms with van der Waals surface area (Å²) in [5.41, 5.74) is 0.449. The highest BCUT2D eigenvalue weighted by Crippen LogP contribution is 2.32. The Labute approximate surface area is 97.5 Å². The molecule has 17 heavy (non-hydrogen) atoms. The molecule has 6 heteroatoms. The van der Waals surface area contributed by atoms with Gasteiger partial charge in [0, 0.05) is 11.8 Å². The second kappa shape index (κ2) is 4.73. The van der Waals surface area contributed by atoms with E-state index in [9.17, 15) is 9.59 Å². The van der Waals surface area contributed by atoms with E-state index in [1.165, 1.54) is 0 Å². The number of carbonyl (C=O) groups excluding carboxylic acids is 2. The highest BCUT2D eigenvalue weighted by atomic mass is 16.6. The van der Waals surface area contributed by atoms with Gasteiger partial charge in [0.05, 0.1) is 7.11 Å². The Morgan fingerprint density at radius 1 is 1.24 bits per heavy atom. The van der Waals surface area contributed by atoms with Crippen LogP contribution in [0.4, 0.5) is 5.69 Å². The van der Waals surface area contributed by atoms with Crippen LogP contribution in [-0.4, -0.2) is 32.2 Å². The molecule has 1 aromatic rings. The zero-order valence-corrected chi connectivity index (χ0v) is 9.19. The molecule has 0 spiro atoms. The number of carbonyl (C=O) groups is 2. The normalized spacial score (nSPS) is 12.8. The summed E-state index contributed by atoms with van der Waals surface area (Å²) in [6, 6.07) is 4.88. The number of hydrogen-bond donors (Lipinski definition) is 1. The first-order valence-electron chi connectivity index (χ1n) is 4.99. The molecule has 1 amide bonds. The minimum absolute atomic E-state index is 0.449. The van der Waals surface area contributed by atoms with E-state index >= 15 is 0 Å². The lowest BCUT2D eigenvalue weighted by atomic mass is 10.2. The first kappa shape index (κ1) is 11.3. The van der Waals surface area contributed by atoms with Crippen molar-refractivity contribution in [3.8, 4) is 11.5 Å². The lowest BCUT2D eigenvalue weighted by molar-refractivity contribution is -0.150. The lowest BCUT2D eigenvalue weighted by Gasteiger charge is -2.18. The van der Waals surface area contributed by atoms with Crippen LogP contribution in [-0.2, 0) is 14.3 Å². The molecule has 0 saturated heterocycles. The van der Waals surface area contributed by atoms with E-state index in [0.29, 0.717) is 30.4 Å². The second-order valence-electron chi connectivity index (χ2n) is 3.30. The average molecular weight is 237 g/mol. The fourth-order valence-corrected chi connectivity index (χ4v) is 1.40. The molecule has 6 nitrogen and oxygen atoms in total. The summed E-state index contributed by atoms with van der Waals surface area (Å²) >= 11 is 0. The molecule has 0 fully saturated rings. The van der Waals surface area contributed by atoms with Gasteiger partial charge in [0.2, 0.25) is 0 Å². The molecule has 0 aliphatic carbocycles. The zero-order chi connectivity index (χ0) is 12.3. The largest absolute Gasteiger partial charge is 0.486 e. The first-order valence-corrected chi connectivity index (χ1v) is 4.99. The van der Waals surface area contributed by atoms with Gasteiger partial charge >= 0.3 is 11.9 Å². The van der Waals surface area contributed by atoms with Crippen LogP contribution in [0.2, 0.25) is 0 Å². The van der Waals surface area contributed by atoms with Crippen LogP contribution >= 0.6 is 0 Å². The molecule has 1 aliphatic heterocycles. The zero-order valence-electron chi connectivity index (χ0n) is 9.19. The van der Waals surface area contributed by atoms with Crippen LogP contribution in [0.25, 0.3) is 0 Å². The molecule has 0 unspecified atom stereocenters. The third-order valence-electron chi connectivity index (χ3n) is 2.17. The Morgan fingerprint density at radius 3 is 2.65 bits per heavy atom.